The highest BCUT2D eigenvalue weighted by Gasteiger charge is 2.27. The van der Waals surface area contributed by atoms with Crippen molar-refractivity contribution in [2.45, 2.75) is 32.2 Å². The molecule has 0 spiro atoms. The van der Waals surface area contributed by atoms with E-state index in [2.05, 4.69) is 5.32 Å². The van der Waals surface area contributed by atoms with Gasteiger partial charge in [-0.3, -0.25) is 0 Å². The van der Waals surface area contributed by atoms with Crippen LogP contribution in [-0.2, 0) is 0 Å². The molecule has 0 aromatic heterocycles. The Bertz CT molecular complexity index is 434. The van der Waals surface area contributed by atoms with Gasteiger partial charge in [0.1, 0.15) is 5.82 Å². The summed E-state index contributed by atoms with van der Waals surface area (Å²) in [5, 5.41) is 2.88. The molecule has 18 heavy (non-hydrogen) atoms. The van der Waals surface area contributed by atoms with E-state index >= 15 is 0 Å². The number of rotatable bonds is 2. The topological polar surface area (TPSA) is 32.3 Å². The molecule has 1 atom stereocenters. The Hall–Kier alpha value is -1.58. The highest BCUT2D eigenvalue weighted by molar-refractivity contribution is 5.74. The van der Waals surface area contributed by atoms with Crippen molar-refractivity contribution in [1.29, 1.82) is 0 Å². The number of hydrogen-bond acceptors (Lipinski definition) is 1. The lowest BCUT2D eigenvalue weighted by atomic mass is 9.98. The first-order valence-corrected chi connectivity index (χ1v) is 6.37. The molecule has 2 amide bonds. The number of hydrogen-bond donors (Lipinski definition) is 1. The lowest BCUT2D eigenvalue weighted by molar-refractivity contribution is 0.205. The normalized spacial score (nSPS) is 19.3. The van der Waals surface area contributed by atoms with Gasteiger partial charge in [-0.2, -0.15) is 0 Å². The lowest BCUT2D eigenvalue weighted by Gasteiger charge is -2.19. The molecule has 1 saturated heterocycles. The third-order valence-corrected chi connectivity index (χ3v) is 3.21. The average molecular weight is 250 g/mol. The number of carbonyl (C=O) groups excluding carboxylic acids is 1. The molecule has 1 N–H and O–H groups in total. The van der Waals surface area contributed by atoms with Crippen molar-refractivity contribution in [2.24, 2.45) is 0 Å². The first-order chi connectivity index (χ1) is 8.56. The predicted molar refractivity (Wildman–Crippen MR) is 69.0 cm³/mol. The largest absolute Gasteiger partial charge is 0.336 e. The molecule has 0 bridgehead atoms. The van der Waals surface area contributed by atoms with Crippen LogP contribution in [-0.4, -0.2) is 30.1 Å². The number of carbonyl (C=O) groups is 1. The Balaban J connectivity index is 1.98. The first kappa shape index (κ1) is 12.9. The molecule has 1 fully saturated rings. The molecular weight excluding hydrogens is 231 g/mol. The van der Waals surface area contributed by atoms with E-state index in [4.69, 9.17) is 0 Å². The van der Waals surface area contributed by atoms with Gasteiger partial charge in [0.15, 0.2) is 0 Å². The summed E-state index contributed by atoms with van der Waals surface area (Å²) in [6.45, 7) is 5.29. The summed E-state index contributed by atoms with van der Waals surface area (Å²) in [7, 11) is 0. The van der Waals surface area contributed by atoms with Crippen molar-refractivity contribution >= 4 is 6.03 Å². The van der Waals surface area contributed by atoms with Crippen molar-refractivity contribution in [3.05, 3.63) is 35.6 Å². The number of nitrogens with one attached hydrogen (secondary N) is 1. The molecule has 4 heteroatoms. The van der Waals surface area contributed by atoms with Crippen molar-refractivity contribution in [1.82, 2.24) is 10.2 Å². The maximum absolute atomic E-state index is 13.2. The summed E-state index contributed by atoms with van der Waals surface area (Å²) in [5.41, 5.74) is 0.981. The number of likely N-dealkylation sites (tertiary alicyclic amines) is 1. The summed E-state index contributed by atoms with van der Waals surface area (Å²) in [6.07, 6.45) is 0.898. The molecule has 0 radical (unpaired) electrons. The standard InChI is InChI=1S/C14H19FN2O/c1-10(2)16-14(18)17-7-6-12(9-17)11-4-3-5-13(15)8-11/h3-5,8,10,12H,6-7,9H2,1-2H3,(H,16,18)/t12-/m1/s1. The Morgan fingerprint density at radius 2 is 2.28 bits per heavy atom. The SMILES string of the molecule is CC(C)NC(=O)N1CC[C@@H](c2cccc(F)c2)C1. The van der Waals surface area contributed by atoms with Crippen molar-refractivity contribution in [3.8, 4) is 0 Å². The minimum atomic E-state index is -0.211. The van der Waals surface area contributed by atoms with Crippen LogP contribution in [0.5, 0.6) is 0 Å². The third kappa shape index (κ3) is 3.00. The Morgan fingerprint density at radius 3 is 2.94 bits per heavy atom. The van der Waals surface area contributed by atoms with Crippen LogP contribution in [0.2, 0.25) is 0 Å². The monoisotopic (exact) mass is 250 g/mol. The van der Waals surface area contributed by atoms with Crippen LogP contribution in [0.1, 0.15) is 31.7 Å². The summed E-state index contributed by atoms with van der Waals surface area (Å²) in [6, 6.07) is 6.78. The molecule has 2 rings (SSSR count). The number of benzene rings is 1. The maximum atomic E-state index is 13.2. The first-order valence-electron chi connectivity index (χ1n) is 6.37. The Labute approximate surface area is 107 Å². The second kappa shape index (κ2) is 5.38. The van der Waals surface area contributed by atoms with Crippen LogP contribution in [0, 0.1) is 5.82 Å². The van der Waals surface area contributed by atoms with Crippen molar-refractivity contribution in [3.63, 3.8) is 0 Å². The van der Waals surface area contributed by atoms with Crippen molar-refractivity contribution < 1.29 is 9.18 Å². The zero-order chi connectivity index (χ0) is 13.1. The fraction of sp³-hybridized carbons (Fsp3) is 0.500. The van der Waals surface area contributed by atoms with Gasteiger partial charge in [0.2, 0.25) is 0 Å². The molecule has 1 aliphatic rings. The van der Waals surface area contributed by atoms with Gasteiger partial charge in [0.25, 0.3) is 0 Å². The second-order valence-electron chi connectivity index (χ2n) is 5.09. The predicted octanol–water partition coefficient (Wildman–Crippen LogP) is 2.73. The quantitative estimate of drug-likeness (QED) is 0.860. The number of amides is 2. The highest BCUT2D eigenvalue weighted by Crippen LogP contribution is 2.27. The molecule has 3 nitrogen and oxygen atoms in total. The van der Waals surface area contributed by atoms with Crippen LogP contribution in [0.25, 0.3) is 0 Å². The summed E-state index contributed by atoms with van der Waals surface area (Å²) >= 11 is 0. The highest BCUT2D eigenvalue weighted by atomic mass is 19.1. The number of urea groups is 1. The van der Waals surface area contributed by atoms with Crippen LogP contribution in [0.15, 0.2) is 24.3 Å². The van der Waals surface area contributed by atoms with Gasteiger partial charge in [-0.05, 0) is 38.0 Å². The van der Waals surface area contributed by atoms with E-state index < -0.39 is 0 Å². The Morgan fingerprint density at radius 1 is 1.50 bits per heavy atom. The molecular formula is C14H19FN2O. The van der Waals surface area contributed by atoms with Crippen LogP contribution < -0.4 is 5.32 Å². The molecule has 0 aliphatic carbocycles. The molecule has 0 unspecified atom stereocenters. The smallest absolute Gasteiger partial charge is 0.317 e. The van der Waals surface area contributed by atoms with Gasteiger partial charge in [-0.1, -0.05) is 12.1 Å². The fourth-order valence-electron chi connectivity index (χ4n) is 2.32. The van der Waals surface area contributed by atoms with Crippen LogP contribution in [0.4, 0.5) is 9.18 Å². The zero-order valence-corrected chi connectivity index (χ0v) is 10.8. The summed E-state index contributed by atoms with van der Waals surface area (Å²) < 4.78 is 13.2. The molecule has 0 saturated carbocycles. The maximum Gasteiger partial charge on any atom is 0.317 e. The molecule has 1 heterocycles. The zero-order valence-electron chi connectivity index (χ0n) is 10.8. The van der Waals surface area contributed by atoms with E-state index in [1.807, 2.05) is 19.9 Å². The summed E-state index contributed by atoms with van der Waals surface area (Å²) in [4.78, 5) is 13.6. The minimum absolute atomic E-state index is 0.0242. The fourth-order valence-corrected chi connectivity index (χ4v) is 2.32. The molecule has 1 aromatic rings. The van der Waals surface area contributed by atoms with E-state index in [0.29, 0.717) is 6.54 Å². The van der Waals surface area contributed by atoms with Crippen LogP contribution >= 0.6 is 0 Å². The van der Waals surface area contributed by atoms with Crippen LogP contribution in [0.3, 0.4) is 0 Å². The minimum Gasteiger partial charge on any atom is -0.336 e. The molecule has 1 aromatic carbocycles. The molecule has 1 aliphatic heterocycles. The lowest BCUT2D eigenvalue weighted by Crippen LogP contribution is -2.41. The number of nitrogens with zero attached hydrogens (tertiary/aromatic N) is 1. The third-order valence-electron chi connectivity index (χ3n) is 3.21. The van der Waals surface area contributed by atoms with E-state index in [0.717, 1.165) is 18.5 Å². The number of halogens is 1. The second-order valence-corrected chi connectivity index (χ2v) is 5.09. The van der Waals surface area contributed by atoms with Gasteiger partial charge >= 0.3 is 6.03 Å². The van der Waals surface area contributed by atoms with E-state index in [1.54, 1.807) is 17.0 Å². The van der Waals surface area contributed by atoms with E-state index in [-0.39, 0.29) is 23.8 Å². The van der Waals surface area contributed by atoms with Gasteiger partial charge in [-0.15, -0.1) is 0 Å². The van der Waals surface area contributed by atoms with Gasteiger partial charge in [-0.25, -0.2) is 9.18 Å². The van der Waals surface area contributed by atoms with Gasteiger partial charge in [0, 0.05) is 25.0 Å². The summed E-state index contributed by atoms with van der Waals surface area (Å²) in [5.74, 6) is 0.0381. The van der Waals surface area contributed by atoms with Crippen molar-refractivity contribution in [2.75, 3.05) is 13.1 Å². The van der Waals surface area contributed by atoms with E-state index in [1.165, 1.54) is 6.07 Å². The van der Waals surface area contributed by atoms with Gasteiger partial charge < -0.3 is 10.2 Å². The van der Waals surface area contributed by atoms with Gasteiger partial charge in [0.05, 0.1) is 0 Å². The Kier molecular flexibility index (Phi) is 3.84. The van der Waals surface area contributed by atoms with E-state index in [9.17, 15) is 9.18 Å². The molecule has 98 valence electrons. The average Bonchev–Trinajstić information content (AvgIpc) is 2.77.